The van der Waals surface area contributed by atoms with Crippen molar-refractivity contribution in [1.82, 2.24) is 10.2 Å². The van der Waals surface area contributed by atoms with Crippen LogP contribution in [-0.2, 0) is 9.59 Å². The highest BCUT2D eigenvalue weighted by molar-refractivity contribution is 6.19. The Morgan fingerprint density at radius 2 is 1.96 bits per heavy atom. The average Bonchev–Trinajstić information content (AvgIpc) is 3.37. The zero-order valence-electron chi connectivity index (χ0n) is 16.4. The Morgan fingerprint density at radius 1 is 1.18 bits per heavy atom. The van der Waals surface area contributed by atoms with Gasteiger partial charge in [-0.05, 0) is 50.2 Å². The monoisotopic (exact) mass is 384 g/mol. The van der Waals surface area contributed by atoms with Gasteiger partial charge in [-0.2, -0.15) is 0 Å². The van der Waals surface area contributed by atoms with E-state index in [0.29, 0.717) is 36.6 Å². The normalized spacial score (nSPS) is 32.0. The number of nitrogens with one attached hydrogen (secondary N) is 1. The fraction of sp³-hybridized carbons (Fsp3) is 0.591. The lowest BCUT2D eigenvalue weighted by Crippen LogP contribution is -2.62. The van der Waals surface area contributed by atoms with Crippen molar-refractivity contribution in [3.8, 4) is 5.75 Å². The van der Waals surface area contributed by atoms with Crippen LogP contribution in [0, 0.1) is 5.92 Å². The topological polar surface area (TPSA) is 75.7 Å². The van der Waals surface area contributed by atoms with E-state index in [1.54, 1.807) is 23.1 Å². The van der Waals surface area contributed by atoms with Crippen LogP contribution in [0.15, 0.2) is 24.3 Å². The van der Waals surface area contributed by atoms with Crippen LogP contribution >= 0.6 is 0 Å². The van der Waals surface area contributed by atoms with Crippen molar-refractivity contribution in [2.75, 3.05) is 13.7 Å². The maximum Gasteiger partial charge on any atom is 0.251 e. The van der Waals surface area contributed by atoms with Crippen LogP contribution < -0.4 is 10.1 Å². The van der Waals surface area contributed by atoms with E-state index < -0.39 is 11.6 Å². The third-order valence-corrected chi connectivity index (χ3v) is 6.73. The second kappa shape index (κ2) is 7.66. The molecule has 2 saturated heterocycles. The van der Waals surface area contributed by atoms with Crippen LogP contribution in [-0.4, -0.2) is 54.2 Å². The summed E-state index contributed by atoms with van der Waals surface area (Å²) in [6.45, 7) is 0.528. The molecule has 4 atom stereocenters. The molecule has 28 heavy (non-hydrogen) atoms. The molecule has 150 valence electrons. The maximum atomic E-state index is 13.8. The first-order chi connectivity index (χ1) is 13.6. The van der Waals surface area contributed by atoms with Gasteiger partial charge in [-0.25, -0.2) is 0 Å². The van der Waals surface area contributed by atoms with E-state index in [4.69, 9.17) is 4.74 Å². The summed E-state index contributed by atoms with van der Waals surface area (Å²) in [5.74, 6) is 0.312. The summed E-state index contributed by atoms with van der Waals surface area (Å²) < 4.78 is 5.41. The zero-order chi connectivity index (χ0) is 19.7. The Bertz CT molecular complexity index is 764. The van der Waals surface area contributed by atoms with Crippen molar-refractivity contribution in [3.05, 3.63) is 29.8 Å². The molecule has 1 amide bonds. The van der Waals surface area contributed by atoms with E-state index >= 15 is 0 Å². The van der Waals surface area contributed by atoms with E-state index in [1.165, 1.54) is 7.11 Å². The SMILES string of the molecule is COc1ccccc1C(=O)[C@@]1(C(=O)N2CCC[C@H]2C=O)CC2CCCCC2N1. The number of ether oxygens (including phenoxy) is 1. The number of hydrogen-bond acceptors (Lipinski definition) is 5. The van der Waals surface area contributed by atoms with Crippen molar-refractivity contribution in [2.45, 2.75) is 62.6 Å². The van der Waals surface area contributed by atoms with Gasteiger partial charge in [0.1, 0.15) is 12.0 Å². The van der Waals surface area contributed by atoms with Gasteiger partial charge in [0.05, 0.1) is 18.7 Å². The molecule has 1 saturated carbocycles. The summed E-state index contributed by atoms with van der Waals surface area (Å²) in [4.78, 5) is 40.7. The van der Waals surface area contributed by atoms with Gasteiger partial charge in [0.15, 0.2) is 11.3 Å². The van der Waals surface area contributed by atoms with Gasteiger partial charge in [-0.15, -0.1) is 0 Å². The molecule has 2 heterocycles. The van der Waals surface area contributed by atoms with Crippen LogP contribution in [0.5, 0.6) is 5.75 Å². The fourth-order valence-electron chi connectivity index (χ4n) is 5.31. The Labute approximate surface area is 165 Å². The van der Waals surface area contributed by atoms with Crippen molar-refractivity contribution in [3.63, 3.8) is 0 Å². The van der Waals surface area contributed by atoms with Gasteiger partial charge in [0, 0.05) is 12.6 Å². The van der Waals surface area contributed by atoms with Crippen molar-refractivity contribution >= 4 is 18.0 Å². The fourth-order valence-corrected chi connectivity index (χ4v) is 5.31. The number of carbonyl (C=O) groups is 3. The van der Waals surface area contributed by atoms with Crippen LogP contribution in [0.3, 0.4) is 0 Å². The maximum absolute atomic E-state index is 13.8. The Hall–Kier alpha value is -2.21. The highest BCUT2D eigenvalue weighted by Gasteiger charge is 2.57. The number of ketones is 1. The molecule has 1 aliphatic carbocycles. The zero-order valence-corrected chi connectivity index (χ0v) is 16.4. The molecule has 4 rings (SSSR count). The molecule has 1 aromatic carbocycles. The largest absolute Gasteiger partial charge is 0.496 e. The third-order valence-electron chi connectivity index (χ3n) is 6.73. The number of fused-ring (bicyclic) bond motifs is 1. The van der Waals surface area contributed by atoms with E-state index in [0.717, 1.165) is 38.4 Å². The average molecular weight is 384 g/mol. The quantitative estimate of drug-likeness (QED) is 0.479. The molecular weight excluding hydrogens is 356 g/mol. The van der Waals surface area contributed by atoms with Gasteiger partial charge >= 0.3 is 0 Å². The predicted molar refractivity (Wildman–Crippen MR) is 104 cm³/mol. The standard InChI is InChI=1S/C22H28N2O4/c1-28-19-11-5-3-9-17(19)20(26)22(13-15-7-2-4-10-18(15)23-22)21(27)24-12-6-8-16(24)14-25/h3,5,9,11,14-16,18,23H,2,4,6-8,10,12-13H2,1H3/t15?,16-,18?,22+/m0/s1. The molecule has 1 aromatic rings. The predicted octanol–water partition coefficient (Wildman–Crippen LogP) is 2.36. The summed E-state index contributed by atoms with van der Waals surface area (Å²) in [6, 6.07) is 6.82. The van der Waals surface area contributed by atoms with Crippen molar-refractivity contribution < 1.29 is 19.1 Å². The highest BCUT2D eigenvalue weighted by Crippen LogP contribution is 2.42. The van der Waals surface area contributed by atoms with Crippen LogP contribution in [0.4, 0.5) is 0 Å². The van der Waals surface area contributed by atoms with E-state index in [-0.39, 0.29) is 17.7 Å². The van der Waals surface area contributed by atoms with E-state index in [1.807, 2.05) is 6.07 Å². The molecule has 0 bridgehead atoms. The van der Waals surface area contributed by atoms with Gasteiger partial charge in [0.2, 0.25) is 0 Å². The molecule has 1 N–H and O–H groups in total. The number of rotatable bonds is 5. The minimum Gasteiger partial charge on any atom is -0.496 e. The number of nitrogens with zero attached hydrogens (tertiary/aromatic N) is 1. The number of para-hydroxylation sites is 1. The lowest BCUT2D eigenvalue weighted by molar-refractivity contribution is -0.139. The van der Waals surface area contributed by atoms with Crippen molar-refractivity contribution in [1.29, 1.82) is 0 Å². The number of methoxy groups -OCH3 is 1. The van der Waals surface area contributed by atoms with Crippen molar-refractivity contribution in [2.24, 2.45) is 5.92 Å². The Balaban J connectivity index is 1.75. The summed E-state index contributed by atoms with van der Waals surface area (Å²) in [5, 5.41) is 3.47. The highest BCUT2D eigenvalue weighted by atomic mass is 16.5. The molecule has 2 unspecified atom stereocenters. The minimum absolute atomic E-state index is 0.175. The second-order valence-corrected chi connectivity index (χ2v) is 8.28. The summed E-state index contributed by atoms with van der Waals surface area (Å²) in [7, 11) is 1.53. The number of aldehydes is 1. The van der Waals surface area contributed by atoms with Crippen LogP contribution in [0.1, 0.15) is 55.3 Å². The molecule has 2 aliphatic heterocycles. The number of likely N-dealkylation sites (tertiary alicyclic amines) is 1. The second-order valence-electron chi connectivity index (χ2n) is 8.28. The first-order valence-electron chi connectivity index (χ1n) is 10.3. The molecule has 0 radical (unpaired) electrons. The molecular formula is C22H28N2O4. The molecule has 6 nitrogen and oxygen atoms in total. The lowest BCUT2D eigenvalue weighted by Gasteiger charge is -2.34. The lowest BCUT2D eigenvalue weighted by atomic mass is 9.79. The van der Waals surface area contributed by atoms with Crippen LogP contribution in [0.2, 0.25) is 0 Å². The number of Topliss-reactive ketones (excluding diaryl/α,β-unsaturated/α-hetero) is 1. The molecule has 0 aromatic heterocycles. The van der Waals surface area contributed by atoms with E-state index in [9.17, 15) is 14.4 Å². The molecule has 0 spiro atoms. The summed E-state index contributed by atoms with van der Waals surface area (Å²) in [5.41, 5.74) is -0.883. The molecule has 3 aliphatic rings. The number of carbonyl (C=O) groups excluding carboxylic acids is 3. The van der Waals surface area contributed by atoms with Gasteiger partial charge in [-0.1, -0.05) is 25.0 Å². The number of amides is 1. The first-order valence-corrected chi connectivity index (χ1v) is 10.3. The smallest absolute Gasteiger partial charge is 0.251 e. The van der Waals surface area contributed by atoms with Gasteiger partial charge < -0.3 is 14.4 Å². The number of hydrogen-bond donors (Lipinski definition) is 1. The third kappa shape index (κ3) is 3.04. The molecule has 6 heteroatoms. The minimum atomic E-state index is -1.31. The van der Waals surface area contributed by atoms with Gasteiger partial charge in [-0.3, -0.25) is 14.9 Å². The van der Waals surface area contributed by atoms with Gasteiger partial charge in [0.25, 0.3) is 5.91 Å². The summed E-state index contributed by atoms with van der Waals surface area (Å²) >= 11 is 0. The Kier molecular flexibility index (Phi) is 5.23. The number of benzene rings is 1. The first kappa shape index (κ1) is 19.1. The van der Waals surface area contributed by atoms with Crippen LogP contribution in [0.25, 0.3) is 0 Å². The van der Waals surface area contributed by atoms with E-state index in [2.05, 4.69) is 5.32 Å². The summed E-state index contributed by atoms with van der Waals surface area (Å²) in [6.07, 6.45) is 7.06. The molecule has 3 fully saturated rings. The Morgan fingerprint density at radius 3 is 2.71 bits per heavy atom.